The summed E-state index contributed by atoms with van der Waals surface area (Å²) in [4.78, 5) is 3.80. The molecular formula is C11H11NO2. The van der Waals surface area contributed by atoms with Crippen LogP contribution in [0.25, 0.3) is 0 Å². The Kier molecular flexibility index (Phi) is 2.49. The first-order valence-electron chi connectivity index (χ1n) is 4.41. The summed E-state index contributed by atoms with van der Waals surface area (Å²) in [5, 5.41) is 0. The molecule has 72 valence electrons. The molecular weight excluding hydrogens is 178 g/mol. The van der Waals surface area contributed by atoms with Gasteiger partial charge in [-0.2, -0.15) is 0 Å². The van der Waals surface area contributed by atoms with Gasteiger partial charge in [0.05, 0.1) is 6.20 Å². The Morgan fingerprint density at radius 1 is 1.29 bits per heavy atom. The minimum Gasteiger partial charge on any atom is -0.486 e. The van der Waals surface area contributed by atoms with Gasteiger partial charge in [-0.3, -0.25) is 0 Å². The predicted molar refractivity (Wildman–Crippen MR) is 52.0 cm³/mol. The number of hydrogen-bond acceptors (Lipinski definition) is 3. The van der Waals surface area contributed by atoms with Gasteiger partial charge in [0.1, 0.15) is 12.4 Å². The normalized spacial score (nSPS) is 10.1. The molecule has 1 aromatic carbocycles. The van der Waals surface area contributed by atoms with Crippen molar-refractivity contribution in [3.8, 4) is 5.75 Å². The zero-order chi connectivity index (χ0) is 9.80. The molecule has 0 N–H and O–H groups in total. The average molecular weight is 189 g/mol. The van der Waals surface area contributed by atoms with E-state index in [0.29, 0.717) is 6.61 Å². The van der Waals surface area contributed by atoms with Gasteiger partial charge in [0.25, 0.3) is 0 Å². The Morgan fingerprint density at radius 2 is 2.07 bits per heavy atom. The average Bonchev–Trinajstić information content (AvgIpc) is 2.70. The number of aryl methyl sites for hydroxylation is 1. The molecule has 0 aliphatic rings. The number of rotatable bonds is 3. The van der Waals surface area contributed by atoms with Gasteiger partial charge in [-0.25, -0.2) is 4.98 Å². The maximum atomic E-state index is 5.47. The summed E-state index contributed by atoms with van der Waals surface area (Å²) in [6, 6.07) is 7.89. The van der Waals surface area contributed by atoms with Crippen molar-refractivity contribution in [2.75, 3.05) is 0 Å². The summed E-state index contributed by atoms with van der Waals surface area (Å²) in [6.45, 7) is 2.46. The van der Waals surface area contributed by atoms with Gasteiger partial charge in [-0.1, -0.05) is 17.7 Å². The maximum absolute atomic E-state index is 5.47. The molecule has 0 saturated heterocycles. The van der Waals surface area contributed by atoms with E-state index in [-0.39, 0.29) is 0 Å². The third-order valence-electron chi connectivity index (χ3n) is 1.89. The smallest absolute Gasteiger partial charge is 0.181 e. The third kappa shape index (κ3) is 2.13. The molecule has 3 heteroatoms. The van der Waals surface area contributed by atoms with Crippen LogP contribution in [0.15, 0.2) is 41.3 Å². The Hall–Kier alpha value is -1.77. The van der Waals surface area contributed by atoms with Crippen molar-refractivity contribution >= 4 is 0 Å². The lowest BCUT2D eigenvalue weighted by atomic mass is 10.2. The van der Waals surface area contributed by atoms with Crippen LogP contribution >= 0.6 is 0 Å². The fourth-order valence-corrected chi connectivity index (χ4v) is 1.10. The molecule has 2 rings (SSSR count). The fourth-order valence-electron chi connectivity index (χ4n) is 1.10. The van der Waals surface area contributed by atoms with Crippen LogP contribution in [0.2, 0.25) is 0 Å². The van der Waals surface area contributed by atoms with E-state index in [0.717, 1.165) is 11.5 Å². The zero-order valence-electron chi connectivity index (χ0n) is 7.93. The highest BCUT2D eigenvalue weighted by molar-refractivity contribution is 5.26. The van der Waals surface area contributed by atoms with Gasteiger partial charge in [-0.15, -0.1) is 0 Å². The lowest BCUT2D eigenvalue weighted by molar-refractivity contribution is 0.270. The van der Waals surface area contributed by atoms with Crippen LogP contribution in [0.4, 0.5) is 0 Å². The van der Waals surface area contributed by atoms with Crippen molar-refractivity contribution < 1.29 is 9.15 Å². The predicted octanol–water partition coefficient (Wildman–Crippen LogP) is 2.56. The van der Waals surface area contributed by atoms with Crippen molar-refractivity contribution in [2.45, 2.75) is 13.5 Å². The van der Waals surface area contributed by atoms with Crippen molar-refractivity contribution in [3.05, 3.63) is 48.2 Å². The lowest BCUT2D eigenvalue weighted by Gasteiger charge is -2.03. The van der Waals surface area contributed by atoms with E-state index < -0.39 is 0 Å². The van der Waals surface area contributed by atoms with Crippen LogP contribution in [0.1, 0.15) is 11.3 Å². The van der Waals surface area contributed by atoms with E-state index >= 15 is 0 Å². The summed E-state index contributed by atoms with van der Waals surface area (Å²) in [7, 11) is 0. The highest BCUT2D eigenvalue weighted by Crippen LogP contribution is 2.13. The quantitative estimate of drug-likeness (QED) is 0.744. The second-order valence-electron chi connectivity index (χ2n) is 3.07. The lowest BCUT2D eigenvalue weighted by Crippen LogP contribution is -1.93. The first-order chi connectivity index (χ1) is 6.84. The molecule has 3 nitrogen and oxygen atoms in total. The molecule has 1 aromatic heterocycles. The van der Waals surface area contributed by atoms with Gasteiger partial charge in [-0.05, 0) is 19.1 Å². The van der Waals surface area contributed by atoms with Crippen LogP contribution in [-0.4, -0.2) is 4.98 Å². The van der Waals surface area contributed by atoms with E-state index in [4.69, 9.17) is 9.15 Å². The third-order valence-corrected chi connectivity index (χ3v) is 1.89. The number of aromatic nitrogens is 1. The van der Waals surface area contributed by atoms with Crippen molar-refractivity contribution in [1.29, 1.82) is 0 Å². The summed E-state index contributed by atoms with van der Waals surface area (Å²) in [6.07, 6.45) is 3.04. The molecule has 1 heterocycles. The summed E-state index contributed by atoms with van der Waals surface area (Å²) >= 11 is 0. The molecule has 0 fully saturated rings. The van der Waals surface area contributed by atoms with E-state index in [2.05, 4.69) is 4.98 Å². The molecule has 0 radical (unpaired) electrons. The number of nitrogens with zero attached hydrogens (tertiary/aromatic N) is 1. The maximum Gasteiger partial charge on any atom is 0.181 e. The molecule has 0 saturated carbocycles. The standard InChI is InChI=1S/C11H11NO2/c1-9-2-4-10(5-3-9)13-7-11-6-12-8-14-11/h2-6,8H,7H2,1H3. The Morgan fingerprint density at radius 3 is 2.71 bits per heavy atom. The van der Waals surface area contributed by atoms with Crippen LogP contribution in [0.3, 0.4) is 0 Å². The Labute approximate surface area is 82.3 Å². The number of ether oxygens (including phenoxy) is 1. The Balaban J connectivity index is 1.95. The van der Waals surface area contributed by atoms with E-state index in [1.54, 1.807) is 6.20 Å². The topological polar surface area (TPSA) is 35.3 Å². The van der Waals surface area contributed by atoms with Crippen LogP contribution < -0.4 is 4.74 Å². The van der Waals surface area contributed by atoms with Gasteiger partial charge in [0.15, 0.2) is 12.2 Å². The molecule has 2 aromatic rings. The van der Waals surface area contributed by atoms with Gasteiger partial charge in [0.2, 0.25) is 0 Å². The molecule has 0 spiro atoms. The van der Waals surface area contributed by atoms with Gasteiger partial charge >= 0.3 is 0 Å². The fraction of sp³-hybridized carbons (Fsp3) is 0.182. The van der Waals surface area contributed by atoms with Gasteiger partial charge in [0, 0.05) is 0 Å². The largest absolute Gasteiger partial charge is 0.486 e. The molecule has 0 unspecified atom stereocenters. The van der Waals surface area contributed by atoms with E-state index in [9.17, 15) is 0 Å². The first-order valence-corrected chi connectivity index (χ1v) is 4.41. The van der Waals surface area contributed by atoms with E-state index in [1.165, 1.54) is 12.0 Å². The molecule has 0 aliphatic carbocycles. The van der Waals surface area contributed by atoms with E-state index in [1.807, 2.05) is 31.2 Å². The zero-order valence-corrected chi connectivity index (χ0v) is 7.93. The summed E-state index contributed by atoms with van der Waals surface area (Å²) in [5.41, 5.74) is 1.22. The molecule has 0 atom stereocenters. The van der Waals surface area contributed by atoms with Crippen molar-refractivity contribution in [1.82, 2.24) is 4.98 Å². The second-order valence-corrected chi connectivity index (χ2v) is 3.07. The number of benzene rings is 1. The highest BCUT2D eigenvalue weighted by Gasteiger charge is 1.97. The number of hydrogen-bond donors (Lipinski definition) is 0. The molecule has 14 heavy (non-hydrogen) atoms. The van der Waals surface area contributed by atoms with Crippen LogP contribution in [0, 0.1) is 6.92 Å². The minimum atomic E-state index is 0.420. The van der Waals surface area contributed by atoms with Crippen LogP contribution in [-0.2, 0) is 6.61 Å². The Bertz CT molecular complexity index is 378. The SMILES string of the molecule is Cc1ccc(OCc2cnco2)cc1. The second kappa shape index (κ2) is 3.96. The van der Waals surface area contributed by atoms with Gasteiger partial charge < -0.3 is 9.15 Å². The van der Waals surface area contributed by atoms with Crippen molar-refractivity contribution in [3.63, 3.8) is 0 Å². The summed E-state index contributed by atoms with van der Waals surface area (Å²) in [5.74, 6) is 1.57. The first kappa shape index (κ1) is 8.81. The van der Waals surface area contributed by atoms with Crippen molar-refractivity contribution in [2.24, 2.45) is 0 Å². The van der Waals surface area contributed by atoms with Crippen LogP contribution in [0.5, 0.6) is 5.75 Å². The summed E-state index contributed by atoms with van der Waals surface area (Å²) < 4.78 is 10.5. The minimum absolute atomic E-state index is 0.420. The molecule has 0 amide bonds. The monoisotopic (exact) mass is 189 g/mol. The number of oxazole rings is 1. The molecule has 0 aliphatic heterocycles. The molecule has 0 bridgehead atoms. The highest BCUT2D eigenvalue weighted by atomic mass is 16.5.